The second-order valence-electron chi connectivity index (χ2n) is 2.41. The smallest absolute Gasteiger partial charge is 0.332 e. The Kier molecular flexibility index (Phi) is 2.97. The number of nitrogens with two attached hydrogens (primary N) is 1. The lowest BCUT2D eigenvalue weighted by Crippen LogP contribution is -2.25. The van der Waals surface area contributed by atoms with Gasteiger partial charge in [-0.3, -0.25) is 4.98 Å². The Balaban J connectivity index is 2.73. The number of hydrogen-bond acceptors (Lipinski definition) is 3. The lowest BCUT2D eigenvalue weighted by atomic mass is 10.2. The van der Waals surface area contributed by atoms with Gasteiger partial charge in [-0.05, 0) is 13.0 Å². The van der Waals surface area contributed by atoms with Crippen LogP contribution in [0.1, 0.15) is 12.5 Å². The molecule has 2 amide bonds. The molecule has 68 valence electrons. The monoisotopic (exact) mass is 178 g/mol. The molecule has 1 aromatic rings. The number of amides is 2. The third kappa shape index (κ3) is 2.90. The molecule has 0 aliphatic carbocycles. The summed E-state index contributed by atoms with van der Waals surface area (Å²) in [7, 11) is 0. The fourth-order valence-electron chi connectivity index (χ4n) is 0.780. The van der Waals surface area contributed by atoms with Gasteiger partial charge in [0.25, 0.3) is 0 Å². The van der Waals surface area contributed by atoms with Crippen molar-refractivity contribution in [3.63, 3.8) is 0 Å². The highest BCUT2D eigenvalue weighted by Gasteiger charge is 1.96. The number of pyridine rings is 1. The topological polar surface area (TPSA) is 80.4 Å². The first kappa shape index (κ1) is 9.18. The van der Waals surface area contributed by atoms with E-state index in [0.29, 0.717) is 5.71 Å². The van der Waals surface area contributed by atoms with Gasteiger partial charge in [-0.25, -0.2) is 10.2 Å². The molecule has 0 fully saturated rings. The molecule has 1 aromatic heterocycles. The Labute approximate surface area is 75.7 Å². The Morgan fingerprint density at radius 2 is 2.46 bits per heavy atom. The molecular formula is C8H10N4O. The van der Waals surface area contributed by atoms with Crippen molar-refractivity contribution < 1.29 is 4.79 Å². The van der Waals surface area contributed by atoms with E-state index < -0.39 is 6.03 Å². The molecule has 0 aromatic carbocycles. The first-order valence-electron chi connectivity index (χ1n) is 3.70. The van der Waals surface area contributed by atoms with Crippen LogP contribution in [0.2, 0.25) is 0 Å². The fraction of sp³-hybridized carbons (Fsp3) is 0.125. The molecule has 0 aliphatic heterocycles. The molecule has 0 unspecified atom stereocenters. The molecule has 1 rings (SSSR count). The standard InChI is InChI=1S/C8H10N4O/c1-6(11-12-8(9)13)7-3-2-4-10-5-7/h2-5H,1H3,(H3,9,12,13)/b11-6-. The number of primary amides is 1. The molecule has 3 N–H and O–H groups in total. The normalized spacial score (nSPS) is 11.0. The molecule has 5 heteroatoms. The molecule has 0 bridgehead atoms. The lowest BCUT2D eigenvalue weighted by molar-refractivity contribution is 0.249. The second kappa shape index (κ2) is 4.20. The van der Waals surface area contributed by atoms with Gasteiger partial charge in [-0.2, -0.15) is 5.10 Å². The third-order valence-corrected chi connectivity index (χ3v) is 1.41. The molecule has 0 saturated heterocycles. The van der Waals surface area contributed by atoms with Crippen molar-refractivity contribution in [2.75, 3.05) is 0 Å². The van der Waals surface area contributed by atoms with Gasteiger partial charge in [0.05, 0.1) is 5.71 Å². The average Bonchev–Trinajstić information content (AvgIpc) is 2.15. The molecule has 1 heterocycles. The number of carbonyl (C=O) groups excluding carboxylic acids is 1. The minimum atomic E-state index is -0.678. The number of nitrogens with zero attached hydrogens (tertiary/aromatic N) is 2. The van der Waals surface area contributed by atoms with Crippen molar-refractivity contribution in [3.05, 3.63) is 30.1 Å². The van der Waals surface area contributed by atoms with Crippen LogP contribution >= 0.6 is 0 Å². The van der Waals surface area contributed by atoms with Gasteiger partial charge in [0.15, 0.2) is 0 Å². The van der Waals surface area contributed by atoms with Crippen molar-refractivity contribution >= 4 is 11.7 Å². The predicted octanol–water partition coefficient (Wildman–Crippen LogP) is 0.474. The molecule has 0 spiro atoms. The molecule has 5 nitrogen and oxygen atoms in total. The second-order valence-corrected chi connectivity index (χ2v) is 2.41. The van der Waals surface area contributed by atoms with E-state index in [9.17, 15) is 4.79 Å². The summed E-state index contributed by atoms with van der Waals surface area (Å²) in [6, 6.07) is 2.95. The highest BCUT2D eigenvalue weighted by molar-refractivity contribution is 5.98. The van der Waals surface area contributed by atoms with Crippen LogP contribution in [-0.2, 0) is 0 Å². The minimum absolute atomic E-state index is 0.659. The maximum absolute atomic E-state index is 10.3. The Hall–Kier alpha value is -1.91. The summed E-state index contributed by atoms with van der Waals surface area (Å²) < 4.78 is 0. The largest absolute Gasteiger partial charge is 0.350 e. The first-order valence-corrected chi connectivity index (χ1v) is 3.70. The van der Waals surface area contributed by atoms with Crippen LogP contribution in [0.5, 0.6) is 0 Å². The maximum Gasteiger partial charge on any atom is 0.332 e. The van der Waals surface area contributed by atoms with Crippen LogP contribution in [0, 0.1) is 0 Å². The predicted molar refractivity (Wildman–Crippen MR) is 49.2 cm³/mol. The van der Waals surface area contributed by atoms with E-state index in [1.54, 1.807) is 25.4 Å². The molecule has 0 radical (unpaired) electrons. The van der Waals surface area contributed by atoms with Crippen molar-refractivity contribution in [1.29, 1.82) is 0 Å². The van der Waals surface area contributed by atoms with Gasteiger partial charge in [-0.1, -0.05) is 6.07 Å². The first-order chi connectivity index (χ1) is 6.20. The van der Waals surface area contributed by atoms with Gasteiger partial charge in [0.2, 0.25) is 0 Å². The molecular weight excluding hydrogens is 168 g/mol. The van der Waals surface area contributed by atoms with E-state index in [4.69, 9.17) is 5.73 Å². The summed E-state index contributed by atoms with van der Waals surface area (Å²) in [4.78, 5) is 14.2. The molecule has 0 aliphatic rings. The van der Waals surface area contributed by atoms with Gasteiger partial charge in [-0.15, -0.1) is 0 Å². The Bertz CT molecular complexity index is 320. The minimum Gasteiger partial charge on any atom is -0.350 e. The zero-order chi connectivity index (χ0) is 9.68. The van der Waals surface area contributed by atoms with E-state index in [0.717, 1.165) is 5.56 Å². The number of aromatic nitrogens is 1. The zero-order valence-corrected chi connectivity index (χ0v) is 7.19. The number of nitrogens with one attached hydrogen (secondary N) is 1. The van der Waals surface area contributed by atoms with E-state index in [2.05, 4.69) is 15.5 Å². The van der Waals surface area contributed by atoms with E-state index >= 15 is 0 Å². The van der Waals surface area contributed by atoms with Crippen LogP contribution in [-0.4, -0.2) is 16.7 Å². The van der Waals surface area contributed by atoms with Gasteiger partial charge in [0, 0.05) is 18.0 Å². The van der Waals surface area contributed by atoms with Crippen LogP contribution in [0.3, 0.4) is 0 Å². The summed E-state index contributed by atoms with van der Waals surface area (Å²) in [5.74, 6) is 0. The summed E-state index contributed by atoms with van der Waals surface area (Å²) in [5, 5.41) is 3.75. The fourth-order valence-corrected chi connectivity index (χ4v) is 0.780. The molecule has 13 heavy (non-hydrogen) atoms. The van der Waals surface area contributed by atoms with Crippen molar-refractivity contribution in [3.8, 4) is 0 Å². The van der Waals surface area contributed by atoms with Crippen molar-refractivity contribution in [2.24, 2.45) is 10.8 Å². The highest BCUT2D eigenvalue weighted by atomic mass is 16.2. The summed E-state index contributed by atoms with van der Waals surface area (Å²) >= 11 is 0. The number of hydrogen-bond donors (Lipinski definition) is 2. The van der Waals surface area contributed by atoms with Crippen LogP contribution < -0.4 is 11.2 Å². The zero-order valence-electron chi connectivity index (χ0n) is 7.19. The van der Waals surface area contributed by atoms with E-state index in [-0.39, 0.29) is 0 Å². The highest BCUT2D eigenvalue weighted by Crippen LogP contribution is 1.96. The van der Waals surface area contributed by atoms with E-state index in [1.807, 2.05) is 6.07 Å². The molecule has 0 saturated carbocycles. The van der Waals surface area contributed by atoms with Gasteiger partial charge >= 0.3 is 6.03 Å². The summed E-state index contributed by atoms with van der Waals surface area (Å²) in [6.45, 7) is 1.76. The summed E-state index contributed by atoms with van der Waals surface area (Å²) in [6.07, 6.45) is 3.32. The SMILES string of the molecule is C/C(=N/NC(N)=O)c1cccnc1. The van der Waals surface area contributed by atoms with Gasteiger partial charge < -0.3 is 5.73 Å². The number of hydrazone groups is 1. The third-order valence-electron chi connectivity index (χ3n) is 1.41. The lowest BCUT2D eigenvalue weighted by Gasteiger charge is -1.98. The number of rotatable bonds is 2. The van der Waals surface area contributed by atoms with E-state index in [1.165, 1.54) is 0 Å². The maximum atomic E-state index is 10.3. The average molecular weight is 178 g/mol. The van der Waals surface area contributed by atoms with Crippen LogP contribution in [0.25, 0.3) is 0 Å². The molecule has 0 atom stereocenters. The van der Waals surface area contributed by atoms with Crippen molar-refractivity contribution in [2.45, 2.75) is 6.92 Å². The Morgan fingerprint density at radius 3 is 3.00 bits per heavy atom. The summed E-state index contributed by atoms with van der Waals surface area (Å²) in [5.41, 5.74) is 8.49. The number of carbonyl (C=O) groups is 1. The van der Waals surface area contributed by atoms with Crippen LogP contribution in [0.4, 0.5) is 4.79 Å². The van der Waals surface area contributed by atoms with Gasteiger partial charge in [0.1, 0.15) is 0 Å². The van der Waals surface area contributed by atoms with Crippen LogP contribution in [0.15, 0.2) is 29.6 Å². The van der Waals surface area contributed by atoms with Crippen molar-refractivity contribution in [1.82, 2.24) is 10.4 Å². The quantitative estimate of drug-likeness (QED) is 0.510. The Morgan fingerprint density at radius 1 is 1.69 bits per heavy atom. The number of urea groups is 1.